The number of aryl methyl sites for hydroxylation is 1. The Morgan fingerprint density at radius 3 is 2.33 bits per heavy atom. The van der Waals surface area contributed by atoms with Crippen molar-refractivity contribution in [2.24, 2.45) is 0 Å². The Bertz CT molecular complexity index is 291. The standard InChI is InChI=1S/C9H14AsNO/c1-7-6-8(11(2,3)12)4-5-9(7)10/h4-6H,10H2,1-3H3. The summed E-state index contributed by atoms with van der Waals surface area (Å²) in [6, 6.07) is 5.88. The van der Waals surface area contributed by atoms with Gasteiger partial charge < -0.3 is 0 Å². The van der Waals surface area contributed by atoms with Gasteiger partial charge in [-0.1, -0.05) is 0 Å². The van der Waals surface area contributed by atoms with Gasteiger partial charge in [0.2, 0.25) is 0 Å². The first-order chi connectivity index (χ1) is 5.41. The predicted molar refractivity (Wildman–Crippen MR) is 56.4 cm³/mol. The molecule has 0 spiro atoms. The molecule has 0 aliphatic rings. The summed E-state index contributed by atoms with van der Waals surface area (Å²) in [6.07, 6.45) is 0. The van der Waals surface area contributed by atoms with E-state index < -0.39 is 0 Å². The summed E-state index contributed by atoms with van der Waals surface area (Å²) in [7, 11) is 3.27. The van der Waals surface area contributed by atoms with E-state index in [0.29, 0.717) is 0 Å². The minimum absolute atomic E-state index is 0.353. The third kappa shape index (κ3) is 2.10. The van der Waals surface area contributed by atoms with Crippen LogP contribution in [0, 0.1) is 12.1 Å². The molecule has 12 heavy (non-hydrogen) atoms. The molecule has 1 atom stereocenters. The predicted octanol–water partition coefficient (Wildman–Crippen LogP) is 0.318. The summed E-state index contributed by atoms with van der Waals surface area (Å²) in [5.41, 5.74) is 2.02. The Morgan fingerprint density at radius 1 is 1.33 bits per heavy atom. The van der Waals surface area contributed by atoms with E-state index in [2.05, 4.69) is 0 Å². The Hall–Kier alpha value is -0.302. The third-order valence-corrected chi connectivity index (χ3v) is 3.23. The topological polar surface area (TPSA) is 23.1 Å². The number of rotatable bonds is 1. The Kier molecular flexibility index (Phi) is 2.62. The maximum absolute atomic E-state index is 11.5. The molecule has 1 unspecified atom stereocenters. The van der Waals surface area contributed by atoms with Crippen LogP contribution >= 0.6 is 0 Å². The normalized spacial score (nSPS) is 11.8. The Balaban J connectivity index is 3.14. The average molecular weight is 227 g/mol. The molecule has 0 saturated heterocycles. The van der Waals surface area contributed by atoms with Crippen LogP contribution in [0.3, 0.4) is 0 Å². The van der Waals surface area contributed by atoms with Gasteiger partial charge in [-0.2, -0.15) is 0 Å². The maximum atomic E-state index is 11.5. The number of hydrogen-bond donors (Lipinski definition) is 0. The first-order valence-electron chi connectivity index (χ1n) is 3.83. The van der Waals surface area contributed by atoms with Gasteiger partial charge in [-0.3, -0.25) is 0 Å². The molecular weight excluding hydrogens is 213 g/mol. The second-order valence-electron chi connectivity index (χ2n) is 3.39. The molecule has 0 fully saturated rings. The van der Waals surface area contributed by atoms with Crippen molar-refractivity contribution >= 4 is 26.9 Å². The molecule has 0 heterocycles. The van der Waals surface area contributed by atoms with Gasteiger partial charge in [0.1, 0.15) is 0 Å². The van der Waals surface area contributed by atoms with Crippen LogP contribution in [-0.4, -0.2) is 30.9 Å². The van der Waals surface area contributed by atoms with Crippen LogP contribution in [0.5, 0.6) is 0 Å². The van der Waals surface area contributed by atoms with E-state index in [0.717, 1.165) is 5.69 Å². The van der Waals surface area contributed by atoms with E-state index in [-0.39, 0.29) is 4.65 Å². The van der Waals surface area contributed by atoms with Crippen molar-refractivity contribution in [1.82, 2.24) is 4.65 Å². The molecule has 1 aromatic carbocycles. The number of benzene rings is 1. The second kappa shape index (κ2) is 3.21. The first-order valence-corrected chi connectivity index (χ1v) is 5.04. The molecule has 1 aromatic rings. The zero-order chi connectivity index (χ0) is 9.35. The number of hydroxylamine groups is 2. The Labute approximate surface area is 81.9 Å². The molecule has 66 valence electrons. The molecule has 0 N–H and O–H groups in total. The molecule has 0 aliphatic carbocycles. The molecule has 0 aliphatic heterocycles. The fourth-order valence-corrected chi connectivity index (χ4v) is 1.37. The molecule has 0 bridgehead atoms. The number of hydrogen-bond acceptors (Lipinski definition) is 1. The summed E-state index contributed by atoms with van der Waals surface area (Å²) in [6.45, 7) is 2.04. The fourth-order valence-electron chi connectivity index (χ4n) is 0.995. The van der Waals surface area contributed by atoms with Gasteiger partial charge in [-0.25, -0.2) is 0 Å². The van der Waals surface area contributed by atoms with Crippen molar-refractivity contribution in [2.75, 3.05) is 14.1 Å². The van der Waals surface area contributed by atoms with Gasteiger partial charge in [-0.15, -0.1) is 0 Å². The van der Waals surface area contributed by atoms with E-state index in [1.807, 2.05) is 25.1 Å². The molecular formula is C9H14AsNO. The van der Waals surface area contributed by atoms with Gasteiger partial charge in [0, 0.05) is 0 Å². The molecule has 3 heteroatoms. The molecule has 0 saturated carbocycles. The average Bonchev–Trinajstić information content (AvgIpc) is 1.92. The van der Waals surface area contributed by atoms with Crippen LogP contribution in [-0.2, 0) is 0 Å². The van der Waals surface area contributed by atoms with Gasteiger partial charge in [0.05, 0.1) is 0 Å². The second-order valence-corrected chi connectivity index (χ2v) is 4.70. The molecule has 1 rings (SSSR count). The summed E-state index contributed by atoms with van der Waals surface area (Å²) in [4.78, 5) is 0. The van der Waals surface area contributed by atoms with Crippen LogP contribution in [0.4, 0.5) is 5.69 Å². The molecule has 0 aromatic heterocycles. The van der Waals surface area contributed by atoms with Crippen molar-refractivity contribution in [1.29, 1.82) is 0 Å². The third-order valence-electron chi connectivity index (χ3n) is 1.88. The Morgan fingerprint density at radius 2 is 1.92 bits per heavy atom. The molecule has 0 amide bonds. The SMILES string of the molecule is Cc1cc([N+](C)(C)[O-])ccc1[AsH2]. The van der Waals surface area contributed by atoms with Crippen LogP contribution in [0.25, 0.3) is 0 Å². The van der Waals surface area contributed by atoms with Gasteiger partial charge >= 0.3 is 81.5 Å². The van der Waals surface area contributed by atoms with Crippen molar-refractivity contribution in [3.05, 3.63) is 29.0 Å². The van der Waals surface area contributed by atoms with Crippen molar-refractivity contribution in [2.45, 2.75) is 6.92 Å². The van der Waals surface area contributed by atoms with E-state index in [9.17, 15) is 5.21 Å². The number of quaternary nitrogens is 1. The van der Waals surface area contributed by atoms with Crippen LogP contribution in [0.15, 0.2) is 18.2 Å². The monoisotopic (exact) mass is 227 g/mol. The van der Waals surface area contributed by atoms with E-state index in [1.165, 1.54) is 9.91 Å². The molecule has 2 nitrogen and oxygen atoms in total. The van der Waals surface area contributed by atoms with E-state index in [4.69, 9.17) is 0 Å². The number of nitrogens with zero attached hydrogens (tertiary/aromatic N) is 1. The first kappa shape index (κ1) is 9.78. The fraction of sp³-hybridized carbons (Fsp3) is 0.333. The van der Waals surface area contributed by atoms with Gasteiger partial charge in [0.25, 0.3) is 0 Å². The summed E-state index contributed by atoms with van der Waals surface area (Å²) in [5, 5.41) is 11.5. The quantitative estimate of drug-likeness (QED) is 0.385. The zero-order valence-corrected chi connectivity index (χ0v) is 10.1. The minimum atomic E-state index is -0.353. The zero-order valence-electron chi connectivity index (χ0n) is 7.66. The van der Waals surface area contributed by atoms with E-state index >= 15 is 0 Å². The van der Waals surface area contributed by atoms with Crippen LogP contribution in [0.2, 0.25) is 0 Å². The van der Waals surface area contributed by atoms with Crippen molar-refractivity contribution < 1.29 is 0 Å². The van der Waals surface area contributed by atoms with Crippen LogP contribution < -0.4 is 9.00 Å². The van der Waals surface area contributed by atoms with Gasteiger partial charge in [-0.05, 0) is 0 Å². The molecule has 0 radical (unpaired) electrons. The summed E-state index contributed by atoms with van der Waals surface area (Å²) < 4.78 is 0.938. The van der Waals surface area contributed by atoms with E-state index in [1.54, 1.807) is 30.9 Å². The summed E-state index contributed by atoms with van der Waals surface area (Å²) >= 11 is 1.60. The summed E-state index contributed by atoms with van der Waals surface area (Å²) in [5.74, 6) is 0. The van der Waals surface area contributed by atoms with Crippen molar-refractivity contribution in [3.63, 3.8) is 0 Å². The van der Waals surface area contributed by atoms with Crippen LogP contribution in [0.1, 0.15) is 5.56 Å². The van der Waals surface area contributed by atoms with Gasteiger partial charge in [0.15, 0.2) is 0 Å². The van der Waals surface area contributed by atoms with Crippen molar-refractivity contribution in [3.8, 4) is 0 Å².